The maximum Gasteiger partial charge on any atom is 0.419 e. The molecule has 2 N–H and O–H groups in total. The lowest BCUT2D eigenvalue weighted by Crippen LogP contribution is -2.56. The standard InChI is InChI=1S/C13H18N2O2/c1-3-15(4-2,13(14)16)11-6-5-10-7-8-17-12(10)9-11/h5-6,9H,3-4,7-8H2,1-2H3,(H-,14,16)/p+1. The minimum absolute atomic E-state index is 0.177. The van der Waals surface area contributed by atoms with Crippen LogP contribution in [0.1, 0.15) is 19.4 Å². The minimum atomic E-state index is -0.312. The van der Waals surface area contributed by atoms with Crippen molar-refractivity contribution in [1.29, 1.82) is 0 Å². The summed E-state index contributed by atoms with van der Waals surface area (Å²) in [7, 11) is 0. The molecule has 1 aromatic carbocycles. The van der Waals surface area contributed by atoms with Crippen molar-refractivity contribution in [3.8, 4) is 5.75 Å². The first-order chi connectivity index (χ1) is 8.14. The molecule has 4 nitrogen and oxygen atoms in total. The fourth-order valence-corrected chi connectivity index (χ4v) is 2.45. The third-order valence-electron chi connectivity index (χ3n) is 3.68. The van der Waals surface area contributed by atoms with Crippen LogP contribution in [0.5, 0.6) is 5.75 Å². The maximum absolute atomic E-state index is 11.7. The van der Waals surface area contributed by atoms with Crippen molar-refractivity contribution in [2.24, 2.45) is 5.73 Å². The molecule has 0 bridgehead atoms. The molecule has 0 atom stereocenters. The number of ether oxygens (including phenoxy) is 1. The Labute approximate surface area is 102 Å². The van der Waals surface area contributed by atoms with Crippen molar-refractivity contribution in [3.63, 3.8) is 0 Å². The molecule has 0 saturated heterocycles. The number of fused-ring (bicyclic) bond motifs is 1. The number of primary amides is 1. The zero-order valence-electron chi connectivity index (χ0n) is 10.4. The van der Waals surface area contributed by atoms with Crippen molar-refractivity contribution in [1.82, 2.24) is 4.48 Å². The highest BCUT2D eigenvalue weighted by molar-refractivity contribution is 5.86. The summed E-state index contributed by atoms with van der Waals surface area (Å²) in [5, 5.41) is 0. The highest BCUT2D eigenvalue weighted by Crippen LogP contribution is 2.33. The number of quaternary nitrogens is 1. The topological polar surface area (TPSA) is 52.3 Å². The second-order valence-corrected chi connectivity index (χ2v) is 4.33. The van der Waals surface area contributed by atoms with Crippen molar-refractivity contribution >= 4 is 11.7 Å². The average molecular weight is 235 g/mol. The number of amides is 2. The van der Waals surface area contributed by atoms with E-state index < -0.39 is 0 Å². The Hall–Kier alpha value is -1.55. The molecule has 17 heavy (non-hydrogen) atoms. The molecule has 0 aliphatic carbocycles. The number of carbonyl (C=O) groups is 1. The number of carbonyl (C=O) groups excluding carboxylic acids is 1. The van der Waals surface area contributed by atoms with Crippen molar-refractivity contribution < 1.29 is 9.53 Å². The minimum Gasteiger partial charge on any atom is -0.493 e. The van der Waals surface area contributed by atoms with E-state index in [4.69, 9.17) is 10.5 Å². The monoisotopic (exact) mass is 235 g/mol. The molecule has 0 unspecified atom stereocenters. The smallest absolute Gasteiger partial charge is 0.419 e. The molecule has 2 amide bonds. The van der Waals surface area contributed by atoms with E-state index in [1.165, 1.54) is 5.56 Å². The average Bonchev–Trinajstić information content (AvgIpc) is 2.78. The Morgan fingerprint density at radius 3 is 2.71 bits per heavy atom. The van der Waals surface area contributed by atoms with Gasteiger partial charge >= 0.3 is 6.03 Å². The van der Waals surface area contributed by atoms with Gasteiger partial charge in [-0.05, 0) is 25.5 Å². The Balaban J connectivity index is 2.47. The van der Waals surface area contributed by atoms with Crippen LogP contribution in [0.15, 0.2) is 18.2 Å². The highest BCUT2D eigenvalue weighted by atomic mass is 16.5. The summed E-state index contributed by atoms with van der Waals surface area (Å²) in [5.41, 5.74) is 7.69. The molecule has 1 aromatic rings. The molecule has 0 saturated carbocycles. The Bertz CT molecular complexity index is 439. The van der Waals surface area contributed by atoms with Crippen LogP contribution in [0, 0.1) is 0 Å². The summed E-state index contributed by atoms with van der Waals surface area (Å²) < 4.78 is 5.72. The second-order valence-electron chi connectivity index (χ2n) is 4.33. The van der Waals surface area contributed by atoms with Gasteiger partial charge in [0.1, 0.15) is 11.4 Å². The third-order valence-corrected chi connectivity index (χ3v) is 3.68. The number of benzene rings is 1. The fourth-order valence-electron chi connectivity index (χ4n) is 2.45. The van der Waals surface area contributed by atoms with Crippen molar-refractivity contribution in [2.75, 3.05) is 19.7 Å². The number of hydrogen-bond donors (Lipinski definition) is 1. The predicted molar refractivity (Wildman–Crippen MR) is 68.1 cm³/mol. The molecule has 92 valence electrons. The van der Waals surface area contributed by atoms with E-state index in [9.17, 15) is 4.79 Å². The molecule has 1 aliphatic rings. The van der Waals surface area contributed by atoms with Crippen LogP contribution in [-0.4, -0.2) is 25.7 Å². The van der Waals surface area contributed by atoms with Crippen molar-refractivity contribution in [2.45, 2.75) is 20.3 Å². The van der Waals surface area contributed by atoms with Gasteiger partial charge in [-0.15, -0.1) is 0 Å². The van der Waals surface area contributed by atoms with E-state index in [1.807, 2.05) is 32.0 Å². The first kappa shape index (κ1) is 11.9. The van der Waals surface area contributed by atoms with Gasteiger partial charge in [0.15, 0.2) is 0 Å². The molecule has 1 heterocycles. The lowest BCUT2D eigenvalue weighted by atomic mass is 10.1. The molecular formula is C13H19N2O2+. The van der Waals surface area contributed by atoms with Crippen molar-refractivity contribution in [3.05, 3.63) is 23.8 Å². The van der Waals surface area contributed by atoms with Crippen LogP contribution < -0.4 is 15.0 Å². The SMILES string of the molecule is CC[N+](CC)(C(N)=O)c1ccc2c(c1)OCC2. The highest BCUT2D eigenvalue weighted by Gasteiger charge is 2.34. The Morgan fingerprint density at radius 1 is 1.41 bits per heavy atom. The first-order valence-corrected chi connectivity index (χ1v) is 6.07. The van der Waals surface area contributed by atoms with Gasteiger partial charge in [0.25, 0.3) is 0 Å². The van der Waals surface area contributed by atoms with Gasteiger partial charge in [-0.1, -0.05) is 0 Å². The van der Waals surface area contributed by atoms with Gasteiger partial charge < -0.3 is 10.5 Å². The van der Waals surface area contributed by atoms with Gasteiger partial charge in [-0.2, -0.15) is 0 Å². The molecule has 0 fully saturated rings. The summed E-state index contributed by atoms with van der Waals surface area (Å²) in [6.45, 7) is 5.99. The normalized spacial score (nSPS) is 14.2. The molecule has 0 spiro atoms. The zero-order valence-corrected chi connectivity index (χ0v) is 10.4. The summed E-state index contributed by atoms with van der Waals surface area (Å²) >= 11 is 0. The quantitative estimate of drug-likeness (QED) is 0.815. The van der Waals surface area contributed by atoms with E-state index in [1.54, 1.807) is 0 Å². The fraction of sp³-hybridized carbons (Fsp3) is 0.462. The van der Waals surface area contributed by atoms with E-state index in [2.05, 4.69) is 0 Å². The van der Waals surface area contributed by atoms with Gasteiger partial charge in [-0.3, -0.25) is 0 Å². The summed E-state index contributed by atoms with van der Waals surface area (Å²) in [5.74, 6) is 0.896. The summed E-state index contributed by atoms with van der Waals surface area (Å²) in [6, 6.07) is 5.68. The van der Waals surface area contributed by atoms with E-state index in [-0.39, 0.29) is 10.5 Å². The molecular weight excluding hydrogens is 216 g/mol. The van der Waals surface area contributed by atoms with Crippen LogP contribution >= 0.6 is 0 Å². The predicted octanol–water partition coefficient (Wildman–Crippen LogP) is 2.05. The number of nitrogens with two attached hydrogens (primary N) is 1. The van der Waals surface area contributed by atoms with Crippen LogP contribution in [-0.2, 0) is 6.42 Å². The second kappa shape index (κ2) is 4.37. The number of urea groups is 1. The molecule has 4 heteroatoms. The van der Waals surface area contributed by atoms with Crippen LogP contribution in [0.3, 0.4) is 0 Å². The van der Waals surface area contributed by atoms with Gasteiger partial charge in [0.2, 0.25) is 0 Å². The maximum atomic E-state index is 11.7. The summed E-state index contributed by atoms with van der Waals surface area (Å²) in [4.78, 5) is 11.7. The molecule has 2 rings (SSSR count). The molecule has 1 aliphatic heterocycles. The Morgan fingerprint density at radius 2 is 2.12 bits per heavy atom. The zero-order chi connectivity index (χ0) is 12.5. The molecule has 0 radical (unpaired) electrons. The van der Waals surface area contributed by atoms with Gasteiger partial charge in [0.05, 0.1) is 19.7 Å². The third kappa shape index (κ3) is 1.78. The summed E-state index contributed by atoms with van der Waals surface area (Å²) in [6.07, 6.45) is 0.949. The van der Waals surface area contributed by atoms with Gasteiger partial charge in [0, 0.05) is 18.6 Å². The number of rotatable bonds is 3. The van der Waals surface area contributed by atoms with E-state index >= 15 is 0 Å². The van der Waals surface area contributed by atoms with Crippen LogP contribution in [0.2, 0.25) is 0 Å². The Kier molecular flexibility index (Phi) is 3.07. The van der Waals surface area contributed by atoms with Gasteiger partial charge in [-0.25, -0.2) is 9.28 Å². The number of hydrogen-bond acceptors (Lipinski definition) is 2. The lowest BCUT2D eigenvalue weighted by Gasteiger charge is -2.31. The van der Waals surface area contributed by atoms with E-state index in [0.29, 0.717) is 13.1 Å². The molecule has 0 aromatic heterocycles. The van der Waals surface area contributed by atoms with E-state index in [0.717, 1.165) is 24.5 Å². The van der Waals surface area contributed by atoms with Crippen LogP contribution in [0.4, 0.5) is 10.5 Å². The first-order valence-electron chi connectivity index (χ1n) is 6.07. The number of nitrogens with zero attached hydrogens (tertiary/aromatic N) is 1. The van der Waals surface area contributed by atoms with Crippen LogP contribution in [0.25, 0.3) is 0 Å². The largest absolute Gasteiger partial charge is 0.493 e. The lowest BCUT2D eigenvalue weighted by molar-refractivity contribution is 0.213.